The number of aromatic amines is 1. The van der Waals surface area contributed by atoms with Crippen molar-refractivity contribution < 1.29 is 4.79 Å². The summed E-state index contributed by atoms with van der Waals surface area (Å²) in [6.07, 6.45) is 3.66. The molecule has 2 heterocycles. The van der Waals surface area contributed by atoms with E-state index in [9.17, 15) is 9.59 Å². The van der Waals surface area contributed by atoms with Gasteiger partial charge >= 0.3 is 0 Å². The minimum absolute atomic E-state index is 0.196. The number of nitrogens with zero attached hydrogens (tertiary/aromatic N) is 2. The van der Waals surface area contributed by atoms with Crippen LogP contribution in [0.25, 0.3) is 0 Å². The maximum Gasteiger partial charge on any atom is 0.269 e. The molecular weight excluding hydrogens is 304 g/mol. The molecule has 0 aliphatic carbocycles. The number of aromatic nitrogens is 2. The van der Waals surface area contributed by atoms with Gasteiger partial charge in [0.1, 0.15) is 5.69 Å². The fourth-order valence-corrected chi connectivity index (χ4v) is 3.25. The average Bonchev–Trinajstić information content (AvgIpc) is 3.04. The third-order valence-electron chi connectivity index (χ3n) is 4.51. The lowest BCUT2D eigenvalue weighted by molar-refractivity contribution is 0.0944. The maximum atomic E-state index is 12.0. The molecule has 6 nitrogen and oxygen atoms in total. The van der Waals surface area contributed by atoms with Crippen molar-refractivity contribution in [2.45, 2.75) is 19.3 Å². The van der Waals surface area contributed by atoms with Crippen molar-refractivity contribution in [2.24, 2.45) is 0 Å². The van der Waals surface area contributed by atoms with Crippen molar-refractivity contribution in [1.82, 2.24) is 20.2 Å². The lowest BCUT2D eigenvalue weighted by atomic mass is 9.94. The molecule has 1 aromatic carbocycles. The van der Waals surface area contributed by atoms with Gasteiger partial charge in [-0.1, -0.05) is 24.3 Å². The number of amides is 1. The molecule has 1 amide bonds. The highest BCUT2D eigenvalue weighted by Gasteiger charge is 2.24. The molecule has 1 aliphatic heterocycles. The summed E-state index contributed by atoms with van der Waals surface area (Å²) in [5.41, 5.74) is 2.60. The topological polar surface area (TPSA) is 78.1 Å². The first-order valence-corrected chi connectivity index (χ1v) is 8.24. The van der Waals surface area contributed by atoms with E-state index in [0.717, 1.165) is 32.3 Å². The number of hydrogen-bond acceptors (Lipinski definition) is 4. The average molecular weight is 326 g/mol. The third kappa shape index (κ3) is 3.89. The summed E-state index contributed by atoms with van der Waals surface area (Å²) >= 11 is 0. The van der Waals surface area contributed by atoms with Crippen molar-refractivity contribution >= 4 is 5.91 Å². The van der Waals surface area contributed by atoms with Crippen molar-refractivity contribution in [3.8, 4) is 0 Å². The van der Waals surface area contributed by atoms with Crippen LogP contribution in [0, 0.1) is 6.92 Å². The Kier molecular flexibility index (Phi) is 5.05. The fourth-order valence-electron chi connectivity index (χ4n) is 3.25. The Morgan fingerprint density at radius 3 is 3.00 bits per heavy atom. The molecule has 2 aromatic rings. The standard InChI is InChI=1S/C18H22N4O2/c1-13-4-2-3-5-15(13)14-6-8-22(12-14)9-7-20-18(24)16-10-19-11-17(23)21-16/h2-5,10-11,14H,6-9,12H2,1H3,(H,20,24)(H,21,23)/t14-/m0/s1. The van der Waals surface area contributed by atoms with Gasteiger partial charge in [0.05, 0.1) is 12.4 Å². The van der Waals surface area contributed by atoms with Gasteiger partial charge in [-0.3, -0.25) is 14.6 Å². The summed E-state index contributed by atoms with van der Waals surface area (Å²) in [4.78, 5) is 31.7. The van der Waals surface area contributed by atoms with E-state index in [-0.39, 0.29) is 17.2 Å². The van der Waals surface area contributed by atoms with E-state index >= 15 is 0 Å². The first-order valence-electron chi connectivity index (χ1n) is 8.24. The van der Waals surface area contributed by atoms with Gasteiger partial charge < -0.3 is 15.2 Å². The summed E-state index contributed by atoms with van der Waals surface area (Å²) in [6.45, 7) is 5.57. The molecule has 1 fully saturated rings. The smallest absolute Gasteiger partial charge is 0.269 e. The molecule has 0 spiro atoms. The molecule has 0 unspecified atom stereocenters. The van der Waals surface area contributed by atoms with Gasteiger partial charge in [-0.2, -0.15) is 0 Å². The van der Waals surface area contributed by atoms with E-state index in [4.69, 9.17) is 0 Å². The molecule has 1 aliphatic rings. The van der Waals surface area contributed by atoms with Crippen LogP contribution in [-0.4, -0.2) is 47.0 Å². The second-order valence-corrected chi connectivity index (χ2v) is 6.21. The number of benzene rings is 1. The highest BCUT2D eigenvalue weighted by molar-refractivity contribution is 5.91. The van der Waals surface area contributed by atoms with Gasteiger partial charge in [0.15, 0.2) is 0 Å². The maximum absolute atomic E-state index is 12.0. The highest BCUT2D eigenvalue weighted by atomic mass is 16.2. The molecular formula is C18H22N4O2. The van der Waals surface area contributed by atoms with Gasteiger partial charge in [0.25, 0.3) is 11.5 Å². The largest absolute Gasteiger partial charge is 0.349 e. The Hall–Kier alpha value is -2.47. The molecule has 3 rings (SSSR count). The van der Waals surface area contributed by atoms with Crippen molar-refractivity contribution in [3.05, 3.63) is 63.8 Å². The molecule has 6 heteroatoms. The number of nitrogens with one attached hydrogen (secondary N) is 2. The van der Waals surface area contributed by atoms with Crippen molar-refractivity contribution in [3.63, 3.8) is 0 Å². The van der Waals surface area contributed by atoms with Crippen molar-refractivity contribution in [1.29, 1.82) is 0 Å². The summed E-state index contributed by atoms with van der Waals surface area (Å²) in [6, 6.07) is 8.54. The molecule has 1 aromatic heterocycles. The van der Waals surface area contributed by atoms with Crippen LogP contribution in [0.5, 0.6) is 0 Å². The zero-order chi connectivity index (χ0) is 16.9. The van der Waals surface area contributed by atoms with Crippen LogP contribution in [0.1, 0.15) is 34.0 Å². The lowest BCUT2D eigenvalue weighted by Gasteiger charge is -2.17. The Morgan fingerprint density at radius 2 is 2.21 bits per heavy atom. The summed E-state index contributed by atoms with van der Waals surface area (Å²) in [5, 5.41) is 2.83. The zero-order valence-electron chi connectivity index (χ0n) is 13.8. The predicted octanol–water partition coefficient (Wildman–Crippen LogP) is 1.30. The second kappa shape index (κ2) is 7.40. The molecule has 2 N–H and O–H groups in total. The molecule has 1 saturated heterocycles. The number of hydrogen-bond donors (Lipinski definition) is 2. The molecule has 1 atom stereocenters. The van der Waals surface area contributed by atoms with Gasteiger partial charge in [-0.25, -0.2) is 0 Å². The Bertz CT molecular complexity index is 771. The van der Waals surface area contributed by atoms with E-state index in [2.05, 4.69) is 51.4 Å². The van der Waals surface area contributed by atoms with Crippen molar-refractivity contribution in [2.75, 3.05) is 26.2 Å². The third-order valence-corrected chi connectivity index (χ3v) is 4.51. The first-order chi connectivity index (χ1) is 11.6. The lowest BCUT2D eigenvalue weighted by Crippen LogP contribution is -2.34. The summed E-state index contributed by atoms with van der Waals surface area (Å²) in [5.74, 6) is 0.270. The summed E-state index contributed by atoms with van der Waals surface area (Å²) < 4.78 is 0. The fraction of sp³-hybridized carbons (Fsp3) is 0.389. The highest BCUT2D eigenvalue weighted by Crippen LogP contribution is 2.28. The van der Waals surface area contributed by atoms with Crippen LogP contribution < -0.4 is 10.9 Å². The summed E-state index contributed by atoms with van der Waals surface area (Å²) in [7, 11) is 0. The van der Waals surface area contributed by atoms with Gasteiger partial charge in [0, 0.05) is 19.6 Å². The molecule has 24 heavy (non-hydrogen) atoms. The Labute approximate surface area is 140 Å². The van der Waals surface area contributed by atoms with Crippen LogP contribution in [0.3, 0.4) is 0 Å². The number of rotatable bonds is 5. The minimum atomic E-state index is -0.372. The van der Waals surface area contributed by atoms with Crippen LogP contribution in [0.15, 0.2) is 41.5 Å². The van der Waals surface area contributed by atoms with E-state index in [0.29, 0.717) is 12.5 Å². The first kappa shape index (κ1) is 16.4. The number of likely N-dealkylation sites (tertiary alicyclic amines) is 1. The number of H-pyrrole nitrogens is 1. The van der Waals surface area contributed by atoms with E-state index in [1.807, 2.05) is 0 Å². The normalized spacial score (nSPS) is 17.8. The van der Waals surface area contributed by atoms with Crippen LogP contribution in [-0.2, 0) is 0 Å². The van der Waals surface area contributed by atoms with Gasteiger partial charge in [-0.05, 0) is 36.9 Å². The Morgan fingerprint density at radius 1 is 1.38 bits per heavy atom. The van der Waals surface area contributed by atoms with E-state index in [1.54, 1.807) is 0 Å². The van der Waals surface area contributed by atoms with Crippen LogP contribution >= 0.6 is 0 Å². The van der Waals surface area contributed by atoms with Gasteiger partial charge in [0.2, 0.25) is 0 Å². The molecule has 126 valence electrons. The minimum Gasteiger partial charge on any atom is -0.349 e. The predicted molar refractivity (Wildman–Crippen MR) is 92.2 cm³/mol. The number of carbonyl (C=O) groups is 1. The number of carbonyl (C=O) groups excluding carboxylic acids is 1. The van der Waals surface area contributed by atoms with Crippen LogP contribution in [0.4, 0.5) is 0 Å². The SMILES string of the molecule is Cc1ccccc1[C@H]1CCN(CCNC(=O)c2cncc(=O)[nH]2)C1. The molecule has 0 bridgehead atoms. The van der Waals surface area contributed by atoms with Crippen LogP contribution in [0.2, 0.25) is 0 Å². The monoisotopic (exact) mass is 326 g/mol. The Balaban J connectivity index is 1.47. The van der Waals surface area contributed by atoms with E-state index < -0.39 is 0 Å². The molecule has 0 saturated carbocycles. The second-order valence-electron chi connectivity index (χ2n) is 6.21. The number of aryl methyl sites for hydroxylation is 1. The zero-order valence-corrected chi connectivity index (χ0v) is 13.8. The quantitative estimate of drug-likeness (QED) is 0.868. The van der Waals surface area contributed by atoms with Gasteiger partial charge in [-0.15, -0.1) is 0 Å². The molecule has 0 radical (unpaired) electrons. The van der Waals surface area contributed by atoms with E-state index in [1.165, 1.54) is 17.3 Å².